The summed E-state index contributed by atoms with van der Waals surface area (Å²) < 4.78 is 125. The molecule has 0 aliphatic rings. The molecule has 0 rings (SSSR count). The van der Waals surface area contributed by atoms with E-state index in [1.807, 2.05) is 0 Å². The maximum Gasteiger partial charge on any atom is 0.705 e. The van der Waals surface area contributed by atoms with Crippen molar-refractivity contribution in [1.82, 2.24) is 0 Å². The molecule has 0 aromatic carbocycles. The summed E-state index contributed by atoms with van der Waals surface area (Å²) in [6.07, 6.45) is -7.59. The predicted molar refractivity (Wildman–Crippen MR) is 113 cm³/mol. The van der Waals surface area contributed by atoms with Crippen LogP contribution in [0.4, 0.5) is 39.5 Å². The first-order valence-corrected chi connectivity index (χ1v) is 13.8. The molecule has 0 saturated heterocycles. The van der Waals surface area contributed by atoms with E-state index in [9.17, 15) is 53.9 Å². The number of alkyl halides is 9. The standard InChI is InChI=1S/C21H31F9O6Si/c1-2-3-4-5-6-7-8-9-10-11-12-13-14-15-37(34-16(31)19(22,23)24,35-17(32)20(25,26)27)36-18(33)21(28,29)30/h2-15H2,1H3. The molecule has 0 fully saturated rings. The lowest BCUT2D eigenvalue weighted by atomic mass is 10.1. The van der Waals surface area contributed by atoms with Crippen molar-refractivity contribution in [2.45, 2.75) is 115 Å². The molecule has 0 amide bonds. The fourth-order valence-corrected chi connectivity index (χ4v) is 5.48. The molecule has 0 heterocycles. The molecule has 37 heavy (non-hydrogen) atoms. The second-order valence-electron chi connectivity index (χ2n) is 8.34. The van der Waals surface area contributed by atoms with Crippen LogP contribution >= 0.6 is 0 Å². The molecule has 0 atom stereocenters. The van der Waals surface area contributed by atoms with E-state index in [1.54, 1.807) is 0 Å². The summed E-state index contributed by atoms with van der Waals surface area (Å²) in [5.74, 6) is -9.79. The van der Waals surface area contributed by atoms with E-state index >= 15 is 0 Å². The monoisotopic (exact) mass is 578 g/mol. The fraction of sp³-hybridized carbons (Fsp3) is 0.857. The second kappa shape index (κ2) is 16.1. The third-order valence-electron chi connectivity index (χ3n) is 5.03. The molecule has 0 radical (unpaired) electrons. The smallest absolute Gasteiger partial charge is 0.448 e. The molecule has 0 spiro atoms. The van der Waals surface area contributed by atoms with Crippen LogP contribution in [0.5, 0.6) is 0 Å². The molecule has 0 N–H and O–H groups in total. The van der Waals surface area contributed by atoms with Crippen molar-refractivity contribution in [3.8, 4) is 0 Å². The van der Waals surface area contributed by atoms with Crippen LogP contribution in [0.2, 0.25) is 6.04 Å². The van der Waals surface area contributed by atoms with Crippen molar-refractivity contribution >= 4 is 26.7 Å². The normalized spacial score (nSPS) is 12.8. The van der Waals surface area contributed by atoms with Gasteiger partial charge in [-0.2, -0.15) is 39.5 Å². The van der Waals surface area contributed by atoms with Gasteiger partial charge in [0, 0.05) is 0 Å². The average molecular weight is 579 g/mol. The number of hydrogen-bond acceptors (Lipinski definition) is 6. The molecule has 0 saturated carbocycles. The molecule has 6 nitrogen and oxygen atoms in total. The molecule has 218 valence electrons. The highest BCUT2D eigenvalue weighted by molar-refractivity contribution is 6.65. The van der Waals surface area contributed by atoms with Gasteiger partial charge in [-0.25, -0.2) is 14.4 Å². The number of carbonyl (C=O) groups excluding carboxylic acids is 3. The summed E-state index contributed by atoms with van der Waals surface area (Å²) in [7, 11) is -6.12. The molecule has 0 aromatic heterocycles. The first-order valence-electron chi connectivity index (χ1n) is 11.8. The highest BCUT2D eigenvalue weighted by Gasteiger charge is 2.62. The highest BCUT2D eigenvalue weighted by atomic mass is 28.4. The quantitative estimate of drug-likeness (QED) is 0.102. The lowest BCUT2D eigenvalue weighted by Gasteiger charge is -2.28. The summed E-state index contributed by atoms with van der Waals surface area (Å²) in [4.78, 5) is 33.7. The van der Waals surface area contributed by atoms with Crippen LogP contribution in [-0.4, -0.2) is 45.2 Å². The van der Waals surface area contributed by atoms with Crippen molar-refractivity contribution in [3.63, 3.8) is 0 Å². The van der Waals surface area contributed by atoms with Gasteiger partial charge in [-0.1, -0.05) is 84.0 Å². The third kappa shape index (κ3) is 15.8. The van der Waals surface area contributed by atoms with Crippen LogP contribution in [0.1, 0.15) is 90.4 Å². The van der Waals surface area contributed by atoms with Gasteiger partial charge >= 0.3 is 45.2 Å². The Morgan fingerprint density at radius 1 is 0.486 bits per heavy atom. The minimum Gasteiger partial charge on any atom is -0.448 e. The van der Waals surface area contributed by atoms with Crippen molar-refractivity contribution in [1.29, 1.82) is 0 Å². The largest absolute Gasteiger partial charge is 0.705 e. The van der Waals surface area contributed by atoms with Crippen molar-refractivity contribution in [3.05, 3.63) is 0 Å². The van der Waals surface area contributed by atoms with Gasteiger partial charge in [0.25, 0.3) is 0 Å². The molecule has 16 heteroatoms. The number of halogens is 9. The van der Waals surface area contributed by atoms with Gasteiger partial charge in [0.2, 0.25) is 0 Å². The number of hydrogen-bond donors (Lipinski definition) is 0. The van der Waals surface area contributed by atoms with E-state index in [0.29, 0.717) is 12.8 Å². The maximum atomic E-state index is 12.6. The fourth-order valence-electron chi connectivity index (χ4n) is 3.17. The van der Waals surface area contributed by atoms with Crippen LogP contribution in [-0.2, 0) is 27.7 Å². The molecule has 0 aromatic rings. The Labute approximate surface area is 209 Å². The van der Waals surface area contributed by atoms with E-state index in [-0.39, 0.29) is 6.42 Å². The first kappa shape index (κ1) is 35.0. The molecule has 0 unspecified atom stereocenters. The summed E-state index contributed by atoms with van der Waals surface area (Å²) in [5.41, 5.74) is 0. The molecule has 0 aliphatic carbocycles. The number of rotatable bonds is 17. The van der Waals surface area contributed by atoms with E-state index in [4.69, 9.17) is 0 Å². The Balaban J connectivity index is 5.09. The van der Waals surface area contributed by atoms with E-state index in [0.717, 1.165) is 44.9 Å². The number of carbonyl (C=O) groups is 3. The van der Waals surface area contributed by atoms with Gasteiger partial charge in [-0.15, -0.1) is 0 Å². The minimum absolute atomic E-state index is 0.0580. The zero-order chi connectivity index (χ0) is 28.8. The Morgan fingerprint density at radius 2 is 0.730 bits per heavy atom. The highest BCUT2D eigenvalue weighted by Crippen LogP contribution is 2.31. The van der Waals surface area contributed by atoms with Crippen LogP contribution in [0.3, 0.4) is 0 Å². The molecular weight excluding hydrogens is 547 g/mol. The van der Waals surface area contributed by atoms with Crippen LogP contribution < -0.4 is 0 Å². The van der Waals surface area contributed by atoms with Gasteiger partial charge in [-0.05, 0) is 6.42 Å². The summed E-state index contributed by atoms with van der Waals surface area (Å²) in [5, 5.41) is 0. The summed E-state index contributed by atoms with van der Waals surface area (Å²) >= 11 is 0. The first-order chi connectivity index (χ1) is 16.9. The molecule has 0 bridgehead atoms. The lowest BCUT2D eigenvalue weighted by molar-refractivity contribution is -0.209. The molecular formula is C21H31F9O6Si. The van der Waals surface area contributed by atoms with Gasteiger partial charge in [0.1, 0.15) is 0 Å². The molecule has 0 aliphatic heterocycles. The third-order valence-corrected chi connectivity index (χ3v) is 7.48. The Morgan fingerprint density at radius 3 is 0.973 bits per heavy atom. The topological polar surface area (TPSA) is 78.9 Å². The Bertz CT molecular complexity index is 639. The van der Waals surface area contributed by atoms with E-state index < -0.39 is 57.7 Å². The number of unbranched alkanes of at least 4 members (excludes halogenated alkanes) is 12. The maximum absolute atomic E-state index is 12.6. The average Bonchev–Trinajstić information content (AvgIpc) is 2.74. The Hall–Kier alpha value is -2.00. The van der Waals surface area contributed by atoms with Crippen LogP contribution in [0.25, 0.3) is 0 Å². The lowest BCUT2D eigenvalue weighted by Crippen LogP contribution is -2.55. The van der Waals surface area contributed by atoms with Gasteiger partial charge in [-0.3, -0.25) is 0 Å². The summed E-state index contributed by atoms with van der Waals surface area (Å²) in [6.45, 7) is 2.11. The second-order valence-corrected chi connectivity index (χ2v) is 10.8. The zero-order valence-electron chi connectivity index (χ0n) is 20.3. The predicted octanol–water partition coefficient (Wildman–Crippen LogP) is 7.33. The van der Waals surface area contributed by atoms with Crippen molar-refractivity contribution in [2.75, 3.05) is 0 Å². The van der Waals surface area contributed by atoms with Crippen molar-refractivity contribution < 1.29 is 67.2 Å². The van der Waals surface area contributed by atoms with E-state index in [2.05, 4.69) is 20.2 Å². The zero-order valence-corrected chi connectivity index (χ0v) is 21.3. The SMILES string of the molecule is CCCCCCCCCCCCCCC[Si](OC(=O)C(F)(F)F)(OC(=O)C(F)(F)F)OC(=O)C(F)(F)F. The minimum atomic E-state index is -6.12. The van der Waals surface area contributed by atoms with E-state index in [1.165, 1.54) is 12.8 Å². The van der Waals surface area contributed by atoms with Gasteiger partial charge < -0.3 is 13.3 Å². The van der Waals surface area contributed by atoms with Gasteiger partial charge in [0.05, 0.1) is 6.04 Å². The summed E-state index contributed by atoms with van der Waals surface area (Å²) in [6, 6.07) is -1.25. The van der Waals surface area contributed by atoms with Crippen LogP contribution in [0, 0.1) is 0 Å². The van der Waals surface area contributed by atoms with Crippen molar-refractivity contribution in [2.24, 2.45) is 0 Å². The van der Waals surface area contributed by atoms with Crippen LogP contribution in [0.15, 0.2) is 0 Å². The van der Waals surface area contributed by atoms with Gasteiger partial charge in [0.15, 0.2) is 0 Å². The Kier molecular flexibility index (Phi) is 15.2.